The zero-order valence-corrected chi connectivity index (χ0v) is 9.36. The monoisotopic (exact) mass is 206 g/mol. The van der Waals surface area contributed by atoms with Crippen molar-refractivity contribution in [2.24, 2.45) is 5.73 Å². The summed E-state index contributed by atoms with van der Waals surface area (Å²) in [7, 11) is 0. The maximum Gasteiger partial charge on any atom is 0.218 e. The van der Waals surface area contributed by atoms with Gasteiger partial charge in [-0.3, -0.25) is 0 Å². The third kappa shape index (κ3) is 1.72. The Morgan fingerprint density at radius 1 is 1.53 bits per heavy atom. The van der Waals surface area contributed by atoms with E-state index in [0.717, 1.165) is 30.7 Å². The minimum atomic E-state index is -0.110. The molecule has 3 nitrogen and oxygen atoms in total. The first kappa shape index (κ1) is 10.4. The van der Waals surface area contributed by atoms with Gasteiger partial charge in [-0.1, -0.05) is 19.9 Å². The average molecular weight is 206 g/mol. The maximum atomic E-state index is 6.15. The highest BCUT2D eigenvalue weighted by Crippen LogP contribution is 2.39. The van der Waals surface area contributed by atoms with Gasteiger partial charge in [-0.2, -0.15) is 0 Å². The molecule has 0 bridgehead atoms. The van der Waals surface area contributed by atoms with Gasteiger partial charge < -0.3 is 10.5 Å². The van der Waals surface area contributed by atoms with Crippen LogP contribution in [0.4, 0.5) is 0 Å². The van der Waals surface area contributed by atoms with Crippen molar-refractivity contribution in [3.8, 4) is 5.88 Å². The van der Waals surface area contributed by atoms with Gasteiger partial charge in [0.15, 0.2) is 0 Å². The van der Waals surface area contributed by atoms with Gasteiger partial charge in [0, 0.05) is 24.2 Å². The molecule has 0 amide bonds. The molecule has 82 valence electrons. The fourth-order valence-corrected chi connectivity index (χ4v) is 2.21. The van der Waals surface area contributed by atoms with E-state index in [2.05, 4.69) is 18.8 Å². The van der Waals surface area contributed by atoms with Gasteiger partial charge in [-0.25, -0.2) is 4.98 Å². The van der Waals surface area contributed by atoms with Crippen LogP contribution in [0.5, 0.6) is 5.88 Å². The van der Waals surface area contributed by atoms with E-state index in [1.165, 1.54) is 0 Å². The number of aromatic nitrogens is 1. The molecule has 1 aliphatic rings. The summed E-state index contributed by atoms with van der Waals surface area (Å²) in [6, 6.07) is 3.97. The highest BCUT2D eigenvalue weighted by atomic mass is 16.5. The molecular weight excluding hydrogens is 188 g/mol. The Morgan fingerprint density at radius 3 is 2.93 bits per heavy atom. The first-order valence-corrected chi connectivity index (χ1v) is 5.60. The highest BCUT2D eigenvalue weighted by Gasteiger charge is 2.37. The molecule has 0 saturated heterocycles. The van der Waals surface area contributed by atoms with E-state index in [1.807, 2.05) is 12.1 Å². The molecule has 1 aliphatic heterocycles. The van der Waals surface area contributed by atoms with Crippen LogP contribution >= 0.6 is 0 Å². The molecule has 0 spiro atoms. The van der Waals surface area contributed by atoms with Crippen LogP contribution < -0.4 is 10.5 Å². The summed E-state index contributed by atoms with van der Waals surface area (Å²) in [5.41, 5.74) is 7.08. The Morgan fingerprint density at radius 2 is 2.27 bits per heavy atom. The molecule has 0 saturated carbocycles. The normalized spacial score (nSPS) is 23.0. The van der Waals surface area contributed by atoms with Crippen molar-refractivity contribution in [2.75, 3.05) is 0 Å². The van der Waals surface area contributed by atoms with Crippen LogP contribution in [0.25, 0.3) is 0 Å². The second-order valence-corrected chi connectivity index (χ2v) is 4.20. The molecule has 1 aromatic rings. The molecule has 15 heavy (non-hydrogen) atoms. The molecular formula is C12H18N2O. The fourth-order valence-electron chi connectivity index (χ4n) is 2.21. The van der Waals surface area contributed by atoms with Crippen molar-refractivity contribution >= 4 is 0 Å². The number of nitrogens with two attached hydrogens (primary N) is 1. The van der Waals surface area contributed by atoms with Gasteiger partial charge in [-0.05, 0) is 18.9 Å². The lowest BCUT2D eigenvalue weighted by Crippen LogP contribution is -2.42. The van der Waals surface area contributed by atoms with E-state index in [9.17, 15) is 0 Å². The van der Waals surface area contributed by atoms with E-state index in [-0.39, 0.29) is 11.6 Å². The molecule has 0 aliphatic carbocycles. The van der Waals surface area contributed by atoms with Gasteiger partial charge in [0.2, 0.25) is 5.88 Å². The van der Waals surface area contributed by atoms with E-state index in [4.69, 9.17) is 10.5 Å². The summed E-state index contributed by atoms with van der Waals surface area (Å²) < 4.78 is 6.00. The second-order valence-electron chi connectivity index (χ2n) is 4.20. The van der Waals surface area contributed by atoms with Crippen molar-refractivity contribution in [2.45, 2.75) is 44.8 Å². The summed E-state index contributed by atoms with van der Waals surface area (Å²) in [4.78, 5) is 4.26. The Kier molecular flexibility index (Phi) is 2.65. The van der Waals surface area contributed by atoms with E-state index in [0.29, 0.717) is 0 Å². The van der Waals surface area contributed by atoms with Crippen molar-refractivity contribution < 1.29 is 4.74 Å². The topological polar surface area (TPSA) is 48.1 Å². The third-order valence-electron chi connectivity index (χ3n) is 3.39. The largest absolute Gasteiger partial charge is 0.471 e. The molecule has 0 aromatic carbocycles. The zero-order chi connectivity index (χ0) is 10.9. The van der Waals surface area contributed by atoms with Crippen LogP contribution in [0.3, 0.4) is 0 Å². The van der Waals surface area contributed by atoms with E-state index >= 15 is 0 Å². The molecule has 0 radical (unpaired) electrons. The summed E-state index contributed by atoms with van der Waals surface area (Å²) in [5.74, 6) is 0.722. The third-order valence-corrected chi connectivity index (χ3v) is 3.39. The summed E-state index contributed by atoms with van der Waals surface area (Å²) in [6.07, 6.45) is 4.60. The van der Waals surface area contributed by atoms with Gasteiger partial charge in [0.25, 0.3) is 0 Å². The number of hydrogen-bond acceptors (Lipinski definition) is 3. The van der Waals surface area contributed by atoms with Crippen molar-refractivity contribution in [3.63, 3.8) is 0 Å². The van der Waals surface area contributed by atoms with Crippen LogP contribution in [0, 0.1) is 0 Å². The van der Waals surface area contributed by atoms with Crippen LogP contribution in [0.2, 0.25) is 0 Å². The predicted octanol–water partition coefficient (Wildman–Crippen LogP) is 2.42. The SMILES string of the molecule is CCC1(CC)CC(N)c2cccnc2O1. The Bertz CT molecular complexity index is 347. The first-order chi connectivity index (χ1) is 7.21. The zero-order valence-electron chi connectivity index (χ0n) is 9.36. The number of nitrogens with zero attached hydrogens (tertiary/aromatic N) is 1. The van der Waals surface area contributed by atoms with Crippen LogP contribution in [0.1, 0.15) is 44.7 Å². The maximum absolute atomic E-state index is 6.15. The molecule has 1 unspecified atom stereocenters. The van der Waals surface area contributed by atoms with Crippen LogP contribution in [0.15, 0.2) is 18.3 Å². The number of rotatable bonds is 2. The lowest BCUT2D eigenvalue weighted by atomic mass is 9.85. The van der Waals surface area contributed by atoms with Crippen molar-refractivity contribution in [3.05, 3.63) is 23.9 Å². The molecule has 2 N–H and O–H groups in total. The lowest BCUT2D eigenvalue weighted by Gasteiger charge is -2.39. The molecule has 1 aromatic heterocycles. The minimum Gasteiger partial charge on any atom is -0.471 e. The van der Waals surface area contributed by atoms with Crippen LogP contribution in [-0.2, 0) is 0 Å². The van der Waals surface area contributed by atoms with Gasteiger partial charge in [0.05, 0.1) is 0 Å². The van der Waals surface area contributed by atoms with Gasteiger partial charge >= 0.3 is 0 Å². The van der Waals surface area contributed by atoms with Crippen molar-refractivity contribution in [1.29, 1.82) is 0 Å². The number of fused-ring (bicyclic) bond motifs is 1. The Labute approximate surface area is 90.7 Å². The number of pyridine rings is 1. The molecule has 2 heterocycles. The molecule has 0 fully saturated rings. The second kappa shape index (κ2) is 3.81. The standard InChI is InChI=1S/C12H18N2O/c1-3-12(4-2)8-10(13)9-6-5-7-14-11(9)15-12/h5-7,10H,3-4,8,13H2,1-2H3. The van der Waals surface area contributed by atoms with Crippen LogP contribution in [-0.4, -0.2) is 10.6 Å². The van der Waals surface area contributed by atoms with E-state index < -0.39 is 0 Å². The molecule has 2 rings (SSSR count). The highest BCUT2D eigenvalue weighted by molar-refractivity contribution is 5.32. The summed E-state index contributed by atoms with van der Waals surface area (Å²) >= 11 is 0. The number of hydrogen-bond donors (Lipinski definition) is 1. The molecule has 1 atom stereocenters. The van der Waals surface area contributed by atoms with Crippen molar-refractivity contribution in [1.82, 2.24) is 4.98 Å². The molecule has 3 heteroatoms. The Hall–Kier alpha value is -1.09. The predicted molar refractivity (Wildman–Crippen MR) is 59.7 cm³/mol. The first-order valence-electron chi connectivity index (χ1n) is 5.60. The fraction of sp³-hybridized carbons (Fsp3) is 0.583. The quantitative estimate of drug-likeness (QED) is 0.808. The number of ether oxygens (including phenoxy) is 1. The minimum absolute atomic E-state index is 0.0577. The summed E-state index contributed by atoms with van der Waals surface area (Å²) in [5, 5.41) is 0. The Balaban J connectivity index is 2.37. The summed E-state index contributed by atoms with van der Waals surface area (Å²) in [6.45, 7) is 4.29. The van der Waals surface area contributed by atoms with Gasteiger partial charge in [-0.15, -0.1) is 0 Å². The van der Waals surface area contributed by atoms with Gasteiger partial charge in [0.1, 0.15) is 5.60 Å². The smallest absolute Gasteiger partial charge is 0.218 e. The van der Waals surface area contributed by atoms with E-state index in [1.54, 1.807) is 6.20 Å². The average Bonchev–Trinajstić information content (AvgIpc) is 2.29. The lowest BCUT2D eigenvalue weighted by molar-refractivity contribution is 0.0231.